The lowest BCUT2D eigenvalue weighted by Gasteiger charge is -2.15. The summed E-state index contributed by atoms with van der Waals surface area (Å²) in [6.07, 6.45) is -0.522. The summed E-state index contributed by atoms with van der Waals surface area (Å²) >= 11 is 0. The van der Waals surface area contributed by atoms with Crippen molar-refractivity contribution in [2.45, 2.75) is 12.5 Å². The van der Waals surface area contributed by atoms with Crippen LogP contribution in [0.1, 0.15) is 18.0 Å². The Morgan fingerprint density at radius 3 is 2.20 bits per heavy atom. The van der Waals surface area contributed by atoms with Crippen LogP contribution < -0.4 is 22.3 Å². The van der Waals surface area contributed by atoms with E-state index in [-0.39, 0.29) is 17.7 Å². The molecule has 0 aliphatic rings. The highest BCUT2D eigenvalue weighted by molar-refractivity contribution is 7.51. The number of nitrogen functional groups attached to an aromatic ring is 1. The van der Waals surface area contributed by atoms with E-state index in [0.29, 0.717) is 0 Å². The Morgan fingerprint density at radius 1 is 1.27 bits per heavy atom. The molecule has 0 aromatic heterocycles. The third-order valence-electron chi connectivity index (χ3n) is 2.09. The first-order chi connectivity index (χ1) is 6.74. The van der Waals surface area contributed by atoms with Gasteiger partial charge in [0, 0.05) is 11.6 Å². The van der Waals surface area contributed by atoms with Crippen LogP contribution >= 0.6 is 7.60 Å². The smallest absolute Gasteiger partial charge is 0.325 e. The molecule has 0 heterocycles. The number of nitrogens with two attached hydrogens (primary N) is 2. The largest absolute Gasteiger partial charge is 0.395 e. The van der Waals surface area contributed by atoms with Crippen molar-refractivity contribution in [3.05, 3.63) is 26.0 Å². The molecule has 0 spiro atoms. The van der Waals surface area contributed by atoms with Crippen molar-refractivity contribution >= 4 is 13.3 Å². The Balaban J connectivity index is 2.72. The summed E-state index contributed by atoms with van der Waals surface area (Å²) in [5, 5.41) is 0. The maximum Gasteiger partial charge on any atom is 0.325 e. The van der Waals surface area contributed by atoms with Gasteiger partial charge in [0.1, 0.15) is 0 Å². The molecular formula is C7H11N2O5P. The molecule has 1 atom stereocenters. The average Bonchev–Trinajstić information content (AvgIpc) is 2.13. The predicted molar refractivity (Wildman–Crippen MR) is 54.2 cm³/mol. The zero-order valence-corrected chi connectivity index (χ0v) is 8.61. The van der Waals surface area contributed by atoms with Crippen LogP contribution in [0, 0.1) is 0 Å². The minimum Gasteiger partial charge on any atom is -0.395 e. The molecule has 1 aromatic rings. The van der Waals surface area contributed by atoms with Crippen molar-refractivity contribution in [3.8, 4) is 0 Å². The number of rotatable bonds is 4. The summed E-state index contributed by atoms with van der Waals surface area (Å²) in [6.45, 7) is 0. The van der Waals surface area contributed by atoms with Crippen molar-refractivity contribution in [1.29, 1.82) is 0 Å². The molecule has 0 aliphatic heterocycles. The molecule has 1 aromatic carbocycles. The van der Waals surface area contributed by atoms with E-state index in [9.17, 15) is 14.2 Å². The summed E-state index contributed by atoms with van der Waals surface area (Å²) in [7, 11) is -4.14. The van der Waals surface area contributed by atoms with E-state index in [1.165, 1.54) is 0 Å². The minimum atomic E-state index is -4.14. The van der Waals surface area contributed by atoms with Crippen LogP contribution in [0.15, 0.2) is 9.59 Å². The third-order valence-corrected chi connectivity index (χ3v) is 2.93. The summed E-state index contributed by atoms with van der Waals surface area (Å²) in [5.41, 5.74) is 8.95. The van der Waals surface area contributed by atoms with Gasteiger partial charge < -0.3 is 21.3 Å². The highest BCUT2D eigenvalue weighted by Gasteiger charge is 2.25. The molecule has 15 heavy (non-hydrogen) atoms. The number of hydrogen-bond acceptors (Lipinski definition) is 5. The highest BCUT2D eigenvalue weighted by Crippen LogP contribution is 2.36. The van der Waals surface area contributed by atoms with Gasteiger partial charge in [0.05, 0.1) is 11.8 Å². The quantitative estimate of drug-likeness (QED) is 0.364. The molecule has 8 heteroatoms. The highest BCUT2D eigenvalue weighted by atomic mass is 31.2. The summed E-state index contributed by atoms with van der Waals surface area (Å²) in [5.74, 6) is 0. The van der Waals surface area contributed by atoms with Gasteiger partial charge in [-0.05, 0) is 6.42 Å². The monoisotopic (exact) mass is 234 g/mol. The zero-order valence-electron chi connectivity index (χ0n) is 7.71. The lowest BCUT2D eigenvalue weighted by Crippen LogP contribution is -2.41. The van der Waals surface area contributed by atoms with Gasteiger partial charge in [-0.2, -0.15) is 0 Å². The lowest BCUT2D eigenvalue weighted by atomic mass is 9.98. The summed E-state index contributed by atoms with van der Waals surface area (Å²) in [6, 6.07) is -0.886. The van der Waals surface area contributed by atoms with Crippen LogP contribution in [0.25, 0.3) is 0 Å². The fourth-order valence-electron chi connectivity index (χ4n) is 1.25. The van der Waals surface area contributed by atoms with Crippen molar-refractivity contribution < 1.29 is 14.4 Å². The second-order valence-corrected chi connectivity index (χ2v) is 5.05. The van der Waals surface area contributed by atoms with Crippen LogP contribution in [0.3, 0.4) is 0 Å². The Hall–Kier alpha value is -1.01. The topological polar surface area (TPSA) is 144 Å². The molecule has 0 saturated carbocycles. The van der Waals surface area contributed by atoms with E-state index in [1.807, 2.05) is 0 Å². The van der Waals surface area contributed by atoms with Gasteiger partial charge in [-0.25, -0.2) is 0 Å². The van der Waals surface area contributed by atoms with E-state index >= 15 is 0 Å². The Bertz CT molecular complexity index is 484. The van der Waals surface area contributed by atoms with Gasteiger partial charge in [-0.1, -0.05) is 0 Å². The van der Waals surface area contributed by atoms with Gasteiger partial charge in [0.25, 0.3) is 0 Å². The Labute approximate surface area is 84.6 Å². The van der Waals surface area contributed by atoms with Crippen molar-refractivity contribution in [1.82, 2.24) is 0 Å². The van der Waals surface area contributed by atoms with Crippen LogP contribution in [0.2, 0.25) is 0 Å². The molecule has 7 nitrogen and oxygen atoms in total. The molecule has 84 valence electrons. The van der Waals surface area contributed by atoms with E-state index in [1.54, 1.807) is 0 Å². The van der Waals surface area contributed by atoms with E-state index in [4.69, 9.17) is 21.3 Å². The van der Waals surface area contributed by atoms with E-state index in [2.05, 4.69) is 0 Å². The molecule has 0 bridgehead atoms. The van der Waals surface area contributed by atoms with Gasteiger partial charge in [-0.3, -0.25) is 14.2 Å². The molecule has 0 saturated heterocycles. The van der Waals surface area contributed by atoms with Crippen LogP contribution in [-0.2, 0) is 4.57 Å². The molecule has 1 unspecified atom stereocenters. The maximum atomic E-state index is 11.0. The van der Waals surface area contributed by atoms with Crippen LogP contribution in [0.4, 0.5) is 5.69 Å². The third kappa shape index (κ3) is 2.51. The number of anilines is 1. The van der Waals surface area contributed by atoms with E-state index < -0.39 is 30.7 Å². The average molecular weight is 234 g/mol. The second-order valence-electron chi connectivity index (χ2n) is 3.27. The predicted octanol–water partition coefficient (Wildman–Crippen LogP) is -1.57. The lowest BCUT2D eigenvalue weighted by molar-refractivity contribution is 0.369. The van der Waals surface area contributed by atoms with Crippen molar-refractivity contribution in [3.63, 3.8) is 0 Å². The van der Waals surface area contributed by atoms with Gasteiger partial charge in [-0.15, -0.1) is 0 Å². The van der Waals surface area contributed by atoms with Gasteiger partial charge in [0.2, 0.25) is 10.9 Å². The SMILES string of the molecule is Nc1c(C(N)CCP(=O)(O)O)c(=O)c1=O. The summed E-state index contributed by atoms with van der Waals surface area (Å²) < 4.78 is 10.5. The normalized spacial score (nSPS) is 14.3. The molecule has 6 N–H and O–H groups in total. The fraction of sp³-hybridized carbons (Fsp3) is 0.429. The molecule has 0 amide bonds. The maximum absolute atomic E-state index is 11.0. The Morgan fingerprint density at radius 2 is 1.80 bits per heavy atom. The van der Waals surface area contributed by atoms with Gasteiger partial charge >= 0.3 is 7.60 Å². The first-order valence-electron chi connectivity index (χ1n) is 4.13. The molecule has 1 rings (SSSR count). The first kappa shape index (κ1) is 12.1. The number of hydrogen-bond donors (Lipinski definition) is 4. The summed E-state index contributed by atoms with van der Waals surface area (Å²) in [4.78, 5) is 38.9. The van der Waals surface area contributed by atoms with Gasteiger partial charge in [0.15, 0.2) is 0 Å². The van der Waals surface area contributed by atoms with Crippen molar-refractivity contribution in [2.75, 3.05) is 11.9 Å². The minimum absolute atomic E-state index is 0.0200. The van der Waals surface area contributed by atoms with Crippen molar-refractivity contribution in [2.24, 2.45) is 5.73 Å². The van der Waals surface area contributed by atoms with E-state index in [0.717, 1.165) is 0 Å². The standard InChI is InChI=1S/C7H11N2O5P/c8-3(1-2-15(12,13)14)4-5(9)7(11)6(4)10/h3H,1-2,8-9H2,(H2,12,13,14). The molecule has 0 aliphatic carbocycles. The fourth-order valence-corrected chi connectivity index (χ4v) is 1.86. The van der Waals surface area contributed by atoms with Crippen LogP contribution in [-0.4, -0.2) is 15.9 Å². The molecule has 0 fully saturated rings. The molecular weight excluding hydrogens is 223 g/mol. The van der Waals surface area contributed by atoms with Crippen LogP contribution in [0.5, 0.6) is 0 Å². The Kier molecular flexibility index (Phi) is 3.11. The molecule has 0 radical (unpaired) electrons. The second kappa shape index (κ2) is 3.86. The first-order valence-corrected chi connectivity index (χ1v) is 5.92. The zero-order chi connectivity index (χ0) is 11.8.